The van der Waals surface area contributed by atoms with Gasteiger partial charge in [-0.05, 0) is 49.7 Å². The predicted octanol–water partition coefficient (Wildman–Crippen LogP) is 3.44. The van der Waals surface area contributed by atoms with Crippen LogP contribution in [0.4, 0.5) is 11.4 Å². The molecule has 0 aliphatic carbocycles. The van der Waals surface area contributed by atoms with E-state index in [1.54, 1.807) is 11.1 Å². The number of anilines is 2. The lowest BCUT2D eigenvalue weighted by atomic mass is 10.2. The van der Waals surface area contributed by atoms with Crippen molar-refractivity contribution < 1.29 is 13.2 Å². The summed E-state index contributed by atoms with van der Waals surface area (Å²) in [6.07, 6.45) is 2.31. The van der Waals surface area contributed by atoms with Crippen molar-refractivity contribution in [2.24, 2.45) is 0 Å². The number of likely N-dealkylation sites (tertiary alicyclic amines) is 1. The van der Waals surface area contributed by atoms with Crippen molar-refractivity contribution in [3.8, 4) is 0 Å². The molecule has 1 fully saturated rings. The number of benzene rings is 1. The molecule has 178 valence electrons. The fourth-order valence-electron chi connectivity index (χ4n) is 4.17. The molecule has 1 amide bonds. The fraction of sp³-hybridized carbons (Fsp3) is 0.304. The number of hydrogen-bond donors (Lipinski definition) is 3. The van der Waals surface area contributed by atoms with Crippen LogP contribution in [0.3, 0.4) is 0 Å². The van der Waals surface area contributed by atoms with Crippen molar-refractivity contribution in [1.29, 1.82) is 0 Å². The van der Waals surface area contributed by atoms with E-state index < -0.39 is 10.2 Å². The first kappa shape index (κ1) is 22.8. The summed E-state index contributed by atoms with van der Waals surface area (Å²) in [5, 5.41) is 4.59. The second-order valence-electron chi connectivity index (χ2n) is 8.70. The molecule has 1 aliphatic heterocycles. The number of carbonyl (C=O) groups excluding carboxylic acids is 1. The molecule has 4 aromatic rings. The van der Waals surface area contributed by atoms with Crippen LogP contribution in [0.15, 0.2) is 42.6 Å². The number of thiophene rings is 1. The summed E-state index contributed by atoms with van der Waals surface area (Å²) in [5.74, 6) is -0.107. The average Bonchev–Trinajstić information content (AvgIpc) is 3.50. The molecule has 3 N–H and O–H groups in total. The molecule has 0 spiro atoms. The van der Waals surface area contributed by atoms with Crippen LogP contribution in [0.1, 0.15) is 21.8 Å². The molecule has 34 heavy (non-hydrogen) atoms. The van der Waals surface area contributed by atoms with Gasteiger partial charge in [-0.25, -0.2) is 0 Å². The van der Waals surface area contributed by atoms with Gasteiger partial charge in [0, 0.05) is 61.7 Å². The molecule has 5 rings (SSSR count). The number of hydrogen-bond acceptors (Lipinski definition) is 6. The topological polar surface area (TPSA) is 110 Å². The highest BCUT2D eigenvalue weighted by Gasteiger charge is 2.31. The Morgan fingerprint density at radius 1 is 1.24 bits per heavy atom. The van der Waals surface area contributed by atoms with E-state index in [0.717, 1.165) is 42.5 Å². The lowest BCUT2D eigenvalue weighted by Gasteiger charge is -2.18. The average molecular weight is 499 g/mol. The Bertz CT molecular complexity index is 1490. The number of nitrogens with one attached hydrogen (secondary N) is 3. The largest absolute Gasteiger partial charge is 0.359 e. The number of carbonyl (C=O) groups is 1. The van der Waals surface area contributed by atoms with Crippen molar-refractivity contribution in [2.45, 2.75) is 19.4 Å². The number of fused-ring (bicyclic) bond motifs is 2. The summed E-state index contributed by atoms with van der Waals surface area (Å²) in [7, 11) is -0.577. The fourth-order valence-corrected chi connectivity index (χ4v) is 6.04. The number of pyridine rings is 1. The van der Waals surface area contributed by atoms with Crippen LogP contribution in [0.25, 0.3) is 21.1 Å². The number of H-pyrrole nitrogens is 1. The lowest BCUT2D eigenvalue weighted by Crippen LogP contribution is -2.43. The highest BCUT2D eigenvalue weighted by molar-refractivity contribution is 7.87. The van der Waals surface area contributed by atoms with Gasteiger partial charge in [0.15, 0.2) is 0 Å². The monoisotopic (exact) mass is 498 g/mol. The SMILES string of the molecule is Cc1cc2cc(Nc3ccnc4cc(C(=O)N5CCC(NS(=O)(=O)N(C)C)C5)sc34)ccc2[nH]1. The minimum atomic E-state index is -3.54. The highest BCUT2D eigenvalue weighted by Crippen LogP contribution is 2.34. The van der Waals surface area contributed by atoms with Gasteiger partial charge in [-0.3, -0.25) is 9.78 Å². The molecule has 1 unspecified atom stereocenters. The quantitative estimate of drug-likeness (QED) is 0.377. The molecule has 0 radical (unpaired) electrons. The van der Waals surface area contributed by atoms with Gasteiger partial charge in [0.05, 0.1) is 20.8 Å². The minimum Gasteiger partial charge on any atom is -0.359 e. The maximum absolute atomic E-state index is 13.2. The summed E-state index contributed by atoms with van der Waals surface area (Å²) in [6, 6.07) is 11.7. The van der Waals surface area contributed by atoms with Crippen molar-refractivity contribution in [3.63, 3.8) is 0 Å². The number of aryl methyl sites for hydroxylation is 1. The molecule has 3 aromatic heterocycles. The molecule has 1 aromatic carbocycles. The van der Waals surface area contributed by atoms with Crippen molar-refractivity contribution in [3.05, 3.63) is 53.2 Å². The van der Waals surface area contributed by atoms with E-state index in [-0.39, 0.29) is 11.9 Å². The number of nitrogens with zero attached hydrogens (tertiary/aromatic N) is 3. The summed E-state index contributed by atoms with van der Waals surface area (Å²) in [6.45, 7) is 2.88. The minimum absolute atomic E-state index is 0.107. The van der Waals surface area contributed by atoms with E-state index in [1.807, 2.05) is 31.2 Å². The third kappa shape index (κ3) is 4.39. The zero-order valence-corrected chi connectivity index (χ0v) is 20.8. The Balaban J connectivity index is 1.35. The zero-order valence-electron chi connectivity index (χ0n) is 19.1. The predicted molar refractivity (Wildman–Crippen MR) is 136 cm³/mol. The molecular formula is C23H26N6O3S2. The summed E-state index contributed by atoms with van der Waals surface area (Å²) < 4.78 is 28.9. The Hall–Kier alpha value is -2.99. The second-order valence-corrected chi connectivity index (χ2v) is 11.7. The van der Waals surface area contributed by atoms with Crippen LogP contribution < -0.4 is 10.0 Å². The van der Waals surface area contributed by atoms with Crippen molar-refractivity contribution >= 4 is 59.9 Å². The zero-order chi connectivity index (χ0) is 24.0. The van der Waals surface area contributed by atoms with Crippen molar-refractivity contribution in [2.75, 3.05) is 32.5 Å². The van der Waals surface area contributed by atoms with E-state index in [1.165, 1.54) is 25.4 Å². The highest BCUT2D eigenvalue weighted by atomic mass is 32.2. The molecule has 9 nitrogen and oxygen atoms in total. The van der Waals surface area contributed by atoms with Crippen LogP contribution in [0.2, 0.25) is 0 Å². The first-order chi connectivity index (χ1) is 16.2. The standard InChI is InChI=1S/C23H26N6O3S2/c1-14-10-15-11-16(4-5-18(15)25-14)26-19-6-8-24-20-12-21(33-22(19)20)23(30)29-9-7-17(13-29)27-34(31,32)28(2)3/h4-6,8,10-12,17,25,27H,7,9,13H2,1-3H3,(H,24,26). The van der Waals surface area contributed by atoms with Crippen LogP contribution in [0.5, 0.6) is 0 Å². The smallest absolute Gasteiger partial charge is 0.279 e. The third-order valence-corrected chi connectivity index (χ3v) is 8.67. The van der Waals surface area contributed by atoms with Crippen LogP contribution in [-0.4, -0.2) is 66.7 Å². The Morgan fingerprint density at radius 3 is 2.85 bits per heavy atom. The maximum Gasteiger partial charge on any atom is 0.279 e. The third-order valence-electron chi connectivity index (χ3n) is 5.93. The Kier molecular flexibility index (Phi) is 5.80. The Labute approximate surface area is 202 Å². The van der Waals surface area contributed by atoms with Gasteiger partial charge in [0.1, 0.15) is 0 Å². The summed E-state index contributed by atoms with van der Waals surface area (Å²) >= 11 is 1.40. The molecule has 1 atom stereocenters. The second kappa shape index (κ2) is 8.66. The van der Waals surface area contributed by atoms with E-state index in [2.05, 4.69) is 32.1 Å². The van der Waals surface area contributed by atoms with Gasteiger partial charge in [-0.2, -0.15) is 17.4 Å². The van der Waals surface area contributed by atoms with Crippen LogP contribution in [0, 0.1) is 6.92 Å². The van der Waals surface area contributed by atoms with E-state index in [9.17, 15) is 13.2 Å². The summed E-state index contributed by atoms with van der Waals surface area (Å²) in [4.78, 5) is 23.2. The maximum atomic E-state index is 13.2. The molecule has 1 aliphatic rings. The first-order valence-electron chi connectivity index (χ1n) is 10.9. The van der Waals surface area contributed by atoms with Gasteiger partial charge in [0.2, 0.25) is 0 Å². The van der Waals surface area contributed by atoms with Gasteiger partial charge in [0.25, 0.3) is 16.1 Å². The van der Waals surface area contributed by atoms with Gasteiger partial charge < -0.3 is 15.2 Å². The number of amides is 1. The lowest BCUT2D eigenvalue weighted by molar-refractivity contribution is 0.0795. The van der Waals surface area contributed by atoms with Gasteiger partial charge >= 0.3 is 0 Å². The van der Waals surface area contributed by atoms with Crippen LogP contribution in [-0.2, 0) is 10.2 Å². The van der Waals surface area contributed by atoms with E-state index in [4.69, 9.17) is 0 Å². The molecular weight excluding hydrogens is 472 g/mol. The molecule has 11 heteroatoms. The molecule has 1 saturated heterocycles. The van der Waals surface area contributed by atoms with Crippen molar-refractivity contribution in [1.82, 2.24) is 23.9 Å². The normalized spacial score (nSPS) is 16.7. The van der Waals surface area contributed by atoms with Gasteiger partial charge in [-0.1, -0.05) is 0 Å². The summed E-state index contributed by atoms with van der Waals surface area (Å²) in [5.41, 5.74) is 4.79. The molecule has 4 heterocycles. The first-order valence-corrected chi connectivity index (χ1v) is 13.2. The molecule has 0 saturated carbocycles. The van der Waals surface area contributed by atoms with Gasteiger partial charge in [-0.15, -0.1) is 11.3 Å². The Morgan fingerprint density at radius 2 is 2.06 bits per heavy atom. The number of aromatic amines is 1. The molecule has 0 bridgehead atoms. The van der Waals surface area contributed by atoms with Crippen LogP contribution >= 0.6 is 11.3 Å². The number of rotatable bonds is 6. The number of aromatic nitrogens is 2. The van der Waals surface area contributed by atoms with E-state index >= 15 is 0 Å². The van der Waals surface area contributed by atoms with E-state index in [0.29, 0.717) is 24.4 Å².